The van der Waals surface area contributed by atoms with E-state index in [1.54, 1.807) is 24.3 Å². The molecular formula is C23H19F3O8S. The predicted octanol–water partition coefficient (Wildman–Crippen LogP) is 5.13. The second-order valence-electron chi connectivity index (χ2n) is 7.72. The van der Waals surface area contributed by atoms with Crippen LogP contribution in [0.5, 0.6) is 23.0 Å². The molecule has 0 aliphatic carbocycles. The second-order valence-corrected chi connectivity index (χ2v) is 9.26. The van der Waals surface area contributed by atoms with Gasteiger partial charge in [-0.2, -0.15) is 21.6 Å². The monoisotopic (exact) mass is 512 g/mol. The van der Waals surface area contributed by atoms with Crippen molar-refractivity contribution in [1.82, 2.24) is 0 Å². The molecule has 8 nitrogen and oxygen atoms in total. The van der Waals surface area contributed by atoms with Crippen LogP contribution in [0.1, 0.15) is 13.8 Å². The molecule has 0 aliphatic rings. The van der Waals surface area contributed by atoms with Gasteiger partial charge in [0, 0.05) is 22.2 Å². The largest absolute Gasteiger partial charge is 0.534 e. The Hall–Kier alpha value is -3.67. The molecule has 0 saturated carbocycles. The van der Waals surface area contributed by atoms with Gasteiger partial charge in [-0.1, -0.05) is 12.1 Å². The van der Waals surface area contributed by atoms with Crippen molar-refractivity contribution >= 4 is 42.6 Å². The summed E-state index contributed by atoms with van der Waals surface area (Å²) in [7, 11) is -3.32. The minimum absolute atomic E-state index is 0.108. The summed E-state index contributed by atoms with van der Waals surface area (Å²) in [4.78, 5) is 12.9. The molecule has 12 heteroatoms. The van der Waals surface area contributed by atoms with Crippen LogP contribution in [-0.4, -0.2) is 34.2 Å². The summed E-state index contributed by atoms with van der Waals surface area (Å²) in [6, 6.07) is 8.51. The molecule has 1 aromatic heterocycles. The molecule has 3 aromatic carbocycles. The van der Waals surface area contributed by atoms with Gasteiger partial charge in [0.2, 0.25) is 0 Å². The molecule has 0 amide bonds. The lowest BCUT2D eigenvalue weighted by atomic mass is 10.0. The van der Waals surface area contributed by atoms with E-state index < -0.39 is 27.0 Å². The van der Waals surface area contributed by atoms with Crippen molar-refractivity contribution in [3.05, 3.63) is 46.8 Å². The van der Waals surface area contributed by atoms with Gasteiger partial charge < -0.3 is 22.8 Å². The van der Waals surface area contributed by atoms with E-state index in [1.807, 2.05) is 13.8 Å². The van der Waals surface area contributed by atoms with Gasteiger partial charge in [0.15, 0.2) is 0 Å². The summed E-state index contributed by atoms with van der Waals surface area (Å²) in [5.74, 6) is -0.00421. The Bertz CT molecular complexity index is 1620. The maximum atomic E-state index is 12.9. The zero-order chi connectivity index (χ0) is 25.7. The van der Waals surface area contributed by atoms with Gasteiger partial charge in [-0.3, -0.25) is 0 Å². The predicted molar refractivity (Wildman–Crippen MR) is 122 cm³/mol. The van der Waals surface area contributed by atoms with Gasteiger partial charge in [-0.25, -0.2) is 4.79 Å². The number of alkyl halides is 3. The summed E-state index contributed by atoms with van der Waals surface area (Å²) in [5.41, 5.74) is -6.45. The lowest BCUT2D eigenvalue weighted by molar-refractivity contribution is -0.0500. The molecule has 0 radical (unpaired) electrons. The van der Waals surface area contributed by atoms with Crippen LogP contribution in [-0.2, 0) is 10.1 Å². The summed E-state index contributed by atoms with van der Waals surface area (Å²) >= 11 is 0. The van der Waals surface area contributed by atoms with Crippen LogP contribution in [0.3, 0.4) is 0 Å². The Morgan fingerprint density at radius 2 is 1.54 bits per heavy atom. The molecule has 0 bridgehead atoms. The molecule has 1 heterocycles. The topological polar surface area (TPSA) is 101 Å². The minimum Gasteiger partial charge on any atom is -0.496 e. The molecule has 0 unspecified atom stereocenters. The first-order valence-electron chi connectivity index (χ1n) is 10.1. The lowest BCUT2D eigenvalue weighted by Crippen LogP contribution is -2.28. The van der Waals surface area contributed by atoms with Crippen molar-refractivity contribution < 1.29 is 44.4 Å². The molecular weight excluding hydrogens is 493 g/mol. The lowest BCUT2D eigenvalue weighted by Gasteiger charge is -2.17. The van der Waals surface area contributed by atoms with Crippen molar-refractivity contribution in [3.63, 3.8) is 0 Å². The van der Waals surface area contributed by atoms with Gasteiger partial charge in [-0.05, 0) is 32.0 Å². The number of hydrogen-bond donors (Lipinski definition) is 0. The third kappa shape index (κ3) is 4.18. The van der Waals surface area contributed by atoms with Gasteiger partial charge in [0.25, 0.3) is 0 Å². The average molecular weight is 512 g/mol. The second kappa shape index (κ2) is 8.52. The fraction of sp³-hybridized carbons (Fsp3) is 0.261. The highest BCUT2D eigenvalue weighted by atomic mass is 32.2. The van der Waals surface area contributed by atoms with E-state index >= 15 is 0 Å². The molecule has 4 aromatic rings. The first-order valence-corrected chi connectivity index (χ1v) is 11.5. The molecule has 0 fully saturated rings. The van der Waals surface area contributed by atoms with Crippen LogP contribution in [0.2, 0.25) is 0 Å². The maximum absolute atomic E-state index is 12.9. The van der Waals surface area contributed by atoms with Gasteiger partial charge >= 0.3 is 21.3 Å². The Morgan fingerprint density at radius 3 is 2.14 bits per heavy atom. The first kappa shape index (κ1) is 24.5. The fourth-order valence-corrected chi connectivity index (χ4v) is 4.20. The number of fused-ring (bicyclic) bond motifs is 5. The number of halogens is 3. The van der Waals surface area contributed by atoms with Gasteiger partial charge in [-0.15, -0.1) is 0 Å². The molecule has 35 heavy (non-hydrogen) atoms. The van der Waals surface area contributed by atoms with Crippen LogP contribution >= 0.6 is 0 Å². The standard InChI is InChI=1S/C23H19F3O8S/c1-11(2)32-16-7-5-6-13-20(16)18(31-4)10-14-19-15(22(27)33-21(13)14)8-12(9-17(19)30-3)34-35(28,29)23(24,25)26/h5-11H,1-4H3. The van der Waals surface area contributed by atoms with E-state index in [2.05, 4.69) is 4.18 Å². The highest BCUT2D eigenvalue weighted by Crippen LogP contribution is 2.43. The highest BCUT2D eigenvalue weighted by molar-refractivity contribution is 7.88. The third-order valence-corrected chi connectivity index (χ3v) is 6.07. The summed E-state index contributed by atoms with van der Waals surface area (Å²) in [6.07, 6.45) is -0.156. The summed E-state index contributed by atoms with van der Waals surface area (Å²) < 4.78 is 87.8. The Kier molecular flexibility index (Phi) is 5.95. The van der Waals surface area contributed by atoms with E-state index in [-0.39, 0.29) is 28.2 Å². The summed E-state index contributed by atoms with van der Waals surface area (Å²) in [5, 5.41) is 1.30. The van der Waals surface area contributed by atoms with Crippen molar-refractivity contribution in [3.8, 4) is 23.0 Å². The van der Waals surface area contributed by atoms with E-state index in [9.17, 15) is 26.4 Å². The number of ether oxygens (including phenoxy) is 3. The Balaban J connectivity index is 2.09. The average Bonchev–Trinajstić information content (AvgIpc) is 2.77. The van der Waals surface area contributed by atoms with E-state index in [4.69, 9.17) is 18.6 Å². The third-order valence-electron chi connectivity index (χ3n) is 5.09. The first-order chi connectivity index (χ1) is 16.4. The van der Waals surface area contributed by atoms with Crippen molar-refractivity contribution in [2.45, 2.75) is 25.5 Å². The van der Waals surface area contributed by atoms with E-state index in [0.717, 1.165) is 12.1 Å². The van der Waals surface area contributed by atoms with Gasteiger partial charge in [0.05, 0.1) is 31.1 Å². The van der Waals surface area contributed by atoms with Crippen molar-refractivity contribution in [2.24, 2.45) is 0 Å². The zero-order valence-corrected chi connectivity index (χ0v) is 19.7. The van der Waals surface area contributed by atoms with E-state index in [0.29, 0.717) is 27.7 Å². The van der Waals surface area contributed by atoms with Crippen LogP contribution in [0.15, 0.2) is 45.6 Å². The van der Waals surface area contributed by atoms with Crippen molar-refractivity contribution in [1.29, 1.82) is 0 Å². The summed E-state index contributed by atoms with van der Waals surface area (Å²) in [6.45, 7) is 3.70. The number of methoxy groups -OCH3 is 2. The highest BCUT2D eigenvalue weighted by Gasteiger charge is 2.48. The number of rotatable bonds is 6. The molecule has 186 valence electrons. The molecule has 0 N–H and O–H groups in total. The number of benzene rings is 3. The molecule has 4 rings (SSSR count). The molecule has 0 saturated heterocycles. The molecule has 0 spiro atoms. The van der Waals surface area contributed by atoms with Crippen LogP contribution in [0, 0.1) is 0 Å². The minimum atomic E-state index is -5.98. The van der Waals surface area contributed by atoms with Crippen LogP contribution < -0.4 is 24.0 Å². The zero-order valence-electron chi connectivity index (χ0n) is 18.8. The maximum Gasteiger partial charge on any atom is 0.534 e. The smallest absolute Gasteiger partial charge is 0.496 e. The molecule has 0 atom stereocenters. The SMILES string of the molecule is COc1cc2c(oc(=O)c3cc(OS(=O)(=O)C(F)(F)F)cc(OC)c32)c2cccc(OC(C)C)c12. The number of hydrogen-bond acceptors (Lipinski definition) is 8. The fourth-order valence-electron chi connectivity index (χ4n) is 3.76. The Morgan fingerprint density at radius 1 is 0.886 bits per heavy atom. The van der Waals surface area contributed by atoms with Crippen LogP contribution in [0.4, 0.5) is 13.2 Å². The van der Waals surface area contributed by atoms with Crippen molar-refractivity contribution in [2.75, 3.05) is 14.2 Å². The van der Waals surface area contributed by atoms with Crippen LogP contribution in [0.25, 0.3) is 32.5 Å². The quantitative estimate of drug-likeness (QED) is 0.152. The molecule has 0 aliphatic heterocycles. The Labute approximate surface area is 196 Å². The van der Waals surface area contributed by atoms with E-state index in [1.165, 1.54) is 14.2 Å². The van der Waals surface area contributed by atoms with Gasteiger partial charge in [0.1, 0.15) is 28.6 Å². The normalized spacial score (nSPS) is 12.5.